The predicted octanol–water partition coefficient (Wildman–Crippen LogP) is 4.90. The van der Waals surface area contributed by atoms with Crippen molar-refractivity contribution in [3.8, 4) is 0 Å². The van der Waals surface area contributed by atoms with Crippen LogP contribution in [-0.2, 0) is 9.22 Å². The third-order valence-corrected chi connectivity index (χ3v) is 12.8. The first kappa shape index (κ1) is 16.9. The standard InChI is InChI=1S/C15H28O2S2Si/c1-14(2,3)20(5,6)17-12-7-8-15(18-4)10-11(12)9-13(16)19-15/h11-12H,7-10H2,1-6H3/t11-,12+,15-/m0/s1. The second kappa shape index (κ2) is 5.63. The highest BCUT2D eigenvalue weighted by Crippen LogP contribution is 2.55. The monoisotopic (exact) mass is 332 g/mol. The van der Waals surface area contributed by atoms with E-state index in [1.54, 1.807) is 11.8 Å². The van der Waals surface area contributed by atoms with Gasteiger partial charge in [-0.1, -0.05) is 32.5 Å². The molecule has 5 heteroatoms. The molecule has 2 fully saturated rings. The molecule has 0 aromatic rings. The average molecular weight is 333 g/mol. The molecular formula is C15H28O2S2Si. The Kier molecular flexibility index (Phi) is 4.76. The highest BCUT2D eigenvalue weighted by atomic mass is 32.2. The van der Waals surface area contributed by atoms with Crippen LogP contribution in [0.3, 0.4) is 0 Å². The molecule has 1 saturated heterocycles. The molecule has 20 heavy (non-hydrogen) atoms. The largest absolute Gasteiger partial charge is 0.414 e. The summed E-state index contributed by atoms with van der Waals surface area (Å²) in [4.78, 5) is 12.1. The highest BCUT2D eigenvalue weighted by molar-refractivity contribution is 8.25. The maximum Gasteiger partial charge on any atom is 0.192 e. The molecule has 1 aliphatic heterocycles. The van der Waals surface area contributed by atoms with E-state index in [0.717, 1.165) is 19.3 Å². The number of hydrogen-bond donors (Lipinski definition) is 0. The number of rotatable bonds is 3. The number of carbonyl (C=O) groups excluding carboxylic acids is 1. The lowest BCUT2D eigenvalue weighted by Gasteiger charge is -2.49. The lowest BCUT2D eigenvalue weighted by Crippen LogP contribution is -2.50. The molecule has 0 aromatic carbocycles. The molecule has 1 aliphatic carbocycles. The van der Waals surface area contributed by atoms with Crippen molar-refractivity contribution in [2.75, 3.05) is 6.26 Å². The highest BCUT2D eigenvalue weighted by Gasteiger charge is 2.49. The van der Waals surface area contributed by atoms with Gasteiger partial charge in [-0.05, 0) is 49.6 Å². The van der Waals surface area contributed by atoms with Crippen LogP contribution < -0.4 is 0 Å². The van der Waals surface area contributed by atoms with Crippen LogP contribution in [0.4, 0.5) is 0 Å². The van der Waals surface area contributed by atoms with E-state index in [4.69, 9.17) is 4.43 Å². The second-order valence-electron chi connectivity index (χ2n) is 7.71. The topological polar surface area (TPSA) is 26.3 Å². The predicted molar refractivity (Wildman–Crippen MR) is 92.9 cm³/mol. The van der Waals surface area contributed by atoms with Gasteiger partial charge in [-0.15, -0.1) is 11.8 Å². The van der Waals surface area contributed by atoms with Crippen molar-refractivity contribution in [2.24, 2.45) is 5.92 Å². The SMILES string of the molecule is CS[C@@]12CC[C@@H](O[Si](C)(C)C(C)(C)C)[C@@H](CC(=O)S1)C2. The van der Waals surface area contributed by atoms with Crippen molar-refractivity contribution in [1.82, 2.24) is 0 Å². The zero-order valence-electron chi connectivity index (χ0n) is 13.6. The molecule has 116 valence electrons. The molecule has 1 heterocycles. The van der Waals surface area contributed by atoms with Crippen molar-refractivity contribution >= 4 is 37.0 Å². The molecule has 1 saturated carbocycles. The maximum absolute atomic E-state index is 12.1. The Bertz CT molecular complexity index is 392. The van der Waals surface area contributed by atoms with E-state index in [9.17, 15) is 4.79 Å². The maximum atomic E-state index is 12.1. The Hall–Kier alpha value is 0.547. The second-order valence-corrected chi connectivity index (χ2v) is 15.4. The van der Waals surface area contributed by atoms with Gasteiger partial charge in [0.25, 0.3) is 0 Å². The quantitative estimate of drug-likeness (QED) is 0.687. The summed E-state index contributed by atoms with van der Waals surface area (Å²) in [6.45, 7) is 11.5. The number of carbonyl (C=O) groups is 1. The summed E-state index contributed by atoms with van der Waals surface area (Å²) >= 11 is 3.47. The Morgan fingerprint density at radius 1 is 1.40 bits per heavy atom. The van der Waals surface area contributed by atoms with Crippen molar-refractivity contribution in [1.29, 1.82) is 0 Å². The van der Waals surface area contributed by atoms with Gasteiger partial charge in [0.05, 0.1) is 4.08 Å². The summed E-state index contributed by atoms with van der Waals surface area (Å²) in [7, 11) is -1.73. The number of hydrogen-bond acceptors (Lipinski definition) is 4. The zero-order chi connectivity index (χ0) is 15.2. The van der Waals surface area contributed by atoms with Crippen LogP contribution in [-0.4, -0.2) is 29.9 Å². The number of thioether (sulfide) groups is 2. The van der Waals surface area contributed by atoms with Gasteiger partial charge in [0, 0.05) is 12.5 Å². The molecule has 2 bridgehead atoms. The van der Waals surface area contributed by atoms with Crippen molar-refractivity contribution < 1.29 is 9.22 Å². The Morgan fingerprint density at radius 2 is 2.05 bits per heavy atom. The molecule has 0 radical (unpaired) electrons. The van der Waals surface area contributed by atoms with E-state index in [0.29, 0.717) is 23.6 Å². The van der Waals surface area contributed by atoms with E-state index in [1.807, 2.05) is 11.8 Å². The van der Waals surface area contributed by atoms with Gasteiger partial charge >= 0.3 is 0 Å². The fraction of sp³-hybridized carbons (Fsp3) is 0.933. The molecule has 2 aliphatic rings. The summed E-state index contributed by atoms with van der Waals surface area (Å²) in [6, 6.07) is 0. The molecule has 0 spiro atoms. The van der Waals surface area contributed by atoms with E-state index in [1.165, 1.54) is 0 Å². The summed E-state index contributed by atoms with van der Waals surface area (Å²) in [5.74, 6) is 0.444. The van der Waals surface area contributed by atoms with E-state index >= 15 is 0 Å². The summed E-state index contributed by atoms with van der Waals surface area (Å²) in [5.41, 5.74) is 0. The fourth-order valence-corrected chi connectivity index (χ4v) is 6.89. The van der Waals surface area contributed by atoms with Gasteiger partial charge in [-0.3, -0.25) is 4.79 Å². The van der Waals surface area contributed by atoms with E-state index in [-0.39, 0.29) is 9.12 Å². The van der Waals surface area contributed by atoms with Crippen LogP contribution in [0.1, 0.15) is 46.5 Å². The Morgan fingerprint density at radius 3 is 2.60 bits per heavy atom. The first-order valence-electron chi connectivity index (χ1n) is 7.53. The summed E-state index contributed by atoms with van der Waals surface area (Å²) in [6.07, 6.45) is 6.55. The molecule has 0 N–H and O–H groups in total. The van der Waals surface area contributed by atoms with Crippen molar-refractivity contribution in [3.63, 3.8) is 0 Å². The van der Waals surface area contributed by atoms with Crippen LogP contribution >= 0.6 is 23.5 Å². The molecular weight excluding hydrogens is 304 g/mol. The van der Waals surface area contributed by atoms with Gasteiger partial charge < -0.3 is 4.43 Å². The Labute approximate surface area is 133 Å². The summed E-state index contributed by atoms with van der Waals surface area (Å²) < 4.78 is 6.78. The smallest absolute Gasteiger partial charge is 0.192 e. The van der Waals surface area contributed by atoms with E-state index in [2.05, 4.69) is 40.1 Å². The van der Waals surface area contributed by atoms with Crippen molar-refractivity contribution in [3.05, 3.63) is 0 Å². The van der Waals surface area contributed by atoms with Crippen molar-refractivity contribution in [2.45, 2.75) is 74.8 Å². The summed E-state index contributed by atoms with van der Waals surface area (Å²) in [5, 5.41) is 0.619. The lowest BCUT2D eigenvalue weighted by molar-refractivity contribution is -0.113. The first-order chi connectivity index (χ1) is 9.09. The zero-order valence-corrected chi connectivity index (χ0v) is 16.2. The minimum Gasteiger partial charge on any atom is -0.414 e. The average Bonchev–Trinajstić information content (AvgIpc) is 2.31. The van der Waals surface area contributed by atoms with Crippen LogP contribution in [0.5, 0.6) is 0 Å². The van der Waals surface area contributed by atoms with Gasteiger partial charge in [0.15, 0.2) is 13.4 Å². The molecule has 0 amide bonds. The molecule has 2 rings (SSSR count). The lowest BCUT2D eigenvalue weighted by atomic mass is 9.83. The van der Waals surface area contributed by atoms with Crippen LogP contribution in [0.25, 0.3) is 0 Å². The third-order valence-electron chi connectivity index (χ3n) is 5.26. The molecule has 0 aromatic heterocycles. The Balaban J connectivity index is 2.11. The molecule has 3 atom stereocenters. The van der Waals surface area contributed by atoms with Gasteiger partial charge in [-0.25, -0.2) is 0 Å². The van der Waals surface area contributed by atoms with E-state index < -0.39 is 8.32 Å². The number of fused-ring (bicyclic) bond motifs is 2. The molecule has 0 unspecified atom stereocenters. The van der Waals surface area contributed by atoms with Crippen LogP contribution in [0.15, 0.2) is 0 Å². The van der Waals surface area contributed by atoms with Crippen LogP contribution in [0, 0.1) is 5.92 Å². The normalized spacial score (nSPS) is 35.2. The van der Waals surface area contributed by atoms with Gasteiger partial charge in [0.2, 0.25) is 0 Å². The van der Waals surface area contributed by atoms with Gasteiger partial charge in [0.1, 0.15) is 0 Å². The minimum atomic E-state index is -1.73. The van der Waals surface area contributed by atoms with Gasteiger partial charge in [-0.2, -0.15) is 0 Å². The minimum absolute atomic E-state index is 0.146. The van der Waals surface area contributed by atoms with Crippen LogP contribution in [0.2, 0.25) is 18.1 Å². The first-order valence-corrected chi connectivity index (χ1v) is 12.5. The third kappa shape index (κ3) is 3.31. The molecule has 2 nitrogen and oxygen atoms in total. The fourth-order valence-electron chi connectivity index (χ4n) is 2.93.